The molecule has 0 nitrogen and oxygen atoms in total. The number of hydrogen-bond acceptors (Lipinski definition) is 0. The quantitative estimate of drug-likeness (QED) is 0.168. The molecular weight excluding hydrogens is 599 g/mol. The number of fused-ring (bicyclic) bond motifs is 3. The van der Waals surface area contributed by atoms with Crippen molar-refractivity contribution < 1.29 is 23.3 Å². The molecule has 0 heterocycles. The average Bonchev–Trinajstić information content (AvgIpc) is 3.44. The average molecular weight is 651 g/mol. The van der Waals surface area contributed by atoms with E-state index in [-0.39, 0.29) is 35.6 Å². The summed E-state index contributed by atoms with van der Waals surface area (Å²) in [5.41, 5.74) is 8.76. The SMILES string of the molecule is CC(C)(C)c1c[c-]c2c(c1)-c1cc(C(C)(C)C)ccc1C2.Cl.Cl.[C-]1=CC=CC1.[CH2-]C(C)C.[CH2-]C(C)C.[SiH2]=[Zr]. The summed E-state index contributed by atoms with van der Waals surface area (Å²) in [6.45, 7) is 31.1. The first-order valence-electron chi connectivity index (χ1n) is 13.0. The van der Waals surface area contributed by atoms with Gasteiger partial charge >= 0.3 is 30.2 Å². The maximum atomic E-state index is 3.64. The molecule has 0 saturated carbocycles. The molecule has 0 amide bonds. The molecule has 0 radical (unpaired) electrons. The van der Waals surface area contributed by atoms with E-state index in [1.807, 2.05) is 19.0 Å². The fourth-order valence-corrected chi connectivity index (χ4v) is 3.32. The van der Waals surface area contributed by atoms with Gasteiger partial charge in [0.05, 0.1) is 0 Å². The summed E-state index contributed by atoms with van der Waals surface area (Å²) in [5.74, 6) is 1.17. The predicted octanol–water partition coefficient (Wildman–Crippen LogP) is 9.84. The van der Waals surface area contributed by atoms with Gasteiger partial charge in [0.25, 0.3) is 0 Å². The normalized spacial score (nSPS) is 12.0. The number of rotatable bonds is 0. The van der Waals surface area contributed by atoms with Gasteiger partial charge in [0.2, 0.25) is 0 Å². The van der Waals surface area contributed by atoms with Crippen LogP contribution in [0, 0.1) is 37.8 Å². The predicted molar refractivity (Wildman–Crippen MR) is 176 cm³/mol. The minimum absolute atomic E-state index is 0. The second kappa shape index (κ2) is 20.5. The van der Waals surface area contributed by atoms with Crippen molar-refractivity contribution in [3.63, 3.8) is 0 Å². The first-order chi connectivity index (χ1) is 16.6. The Morgan fingerprint density at radius 3 is 1.66 bits per heavy atom. The Kier molecular flexibility index (Phi) is 22.7. The Labute approximate surface area is 266 Å². The number of halogens is 2. The first-order valence-corrected chi connectivity index (χ1v) is 19.0. The fraction of sp³-hybridized carbons (Fsp3) is 0.471. The van der Waals surface area contributed by atoms with Gasteiger partial charge in [-0.2, -0.15) is 47.2 Å². The van der Waals surface area contributed by atoms with Crippen LogP contribution in [-0.2, 0) is 40.6 Å². The third-order valence-corrected chi connectivity index (χ3v) is 5.11. The standard InChI is InChI=1S/C21H25.C5H5.2C4H9.2ClH.H2Si.Zr/c1-20(2,3)16-9-7-14-11-15-8-10-17(21(4,5)6)13-19(15)18(14)12-16;1-2-4-5-3-1;2*1-4(2)3;;;;/h7,9-10,12-13H,11H2,1-6H3;1-3H,4H2;2*4H,1H2,2-3H3;2*1H;1H2;/q4*-1;;;;. The zero-order valence-electron chi connectivity index (χ0n) is 25.6. The van der Waals surface area contributed by atoms with Crippen LogP contribution < -0.4 is 0 Å². The fourth-order valence-electron chi connectivity index (χ4n) is 3.32. The van der Waals surface area contributed by atoms with Gasteiger partial charge < -0.3 is 13.8 Å². The van der Waals surface area contributed by atoms with Gasteiger partial charge in [-0.1, -0.05) is 104 Å². The topological polar surface area (TPSA) is 0 Å². The third-order valence-electron chi connectivity index (χ3n) is 5.11. The monoisotopic (exact) mass is 648 g/mol. The van der Waals surface area contributed by atoms with Crippen LogP contribution in [0.1, 0.15) is 97.9 Å². The second-order valence-electron chi connectivity index (χ2n) is 12.1. The zero-order chi connectivity index (χ0) is 28.1. The molecule has 0 N–H and O–H groups in total. The van der Waals surface area contributed by atoms with Gasteiger partial charge in [-0.3, -0.25) is 6.08 Å². The molecule has 0 atom stereocenters. The van der Waals surface area contributed by atoms with E-state index in [9.17, 15) is 0 Å². The van der Waals surface area contributed by atoms with Gasteiger partial charge in [-0.05, 0) is 17.4 Å². The Bertz CT molecular complexity index is 894. The van der Waals surface area contributed by atoms with E-state index in [2.05, 4.69) is 132 Å². The van der Waals surface area contributed by atoms with Crippen LogP contribution >= 0.6 is 24.8 Å². The van der Waals surface area contributed by atoms with E-state index in [0.717, 1.165) is 12.8 Å². The Morgan fingerprint density at radius 1 is 0.816 bits per heavy atom. The van der Waals surface area contributed by atoms with Crippen LogP contribution in [0.2, 0.25) is 0 Å². The van der Waals surface area contributed by atoms with Gasteiger partial charge in [0.1, 0.15) is 0 Å². The van der Waals surface area contributed by atoms with Crippen LogP contribution in [0.3, 0.4) is 0 Å². The summed E-state index contributed by atoms with van der Waals surface area (Å²) < 4.78 is 0. The van der Waals surface area contributed by atoms with Crippen LogP contribution in [0.4, 0.5) is 0 Å². The molecular formula is C34H52Cl2SiZr-4. The number of benzene rings is 2. The molecule has 0 unspecified atom stereocenters. The molecule has 214 valence electrons. The third kappa shape index (κ3) is 16.6. The molecule has 4 rings (SSSR count). The molecule has 0 bridgehead atoms. The summed E-state index contributed by atoms with van der Waals surface area (Å²) in [4.78, 5) is 0. The van der Waals surface area contributed by atoms with E-state index < -0.39 is 0 Å². The van der Waals surface area contributed by atoms with Crippen LogP contribution in [-0.4, -0.2) is 6.88 Å². The van der Waals surface area contributed by atoms with E-state index >= 15 is 0 Å². The van der Waals surface area contributed by atoms with E-state index in [1.165, 1.54) is 33.4 Å². The molecule has 0 fully saturated rings. The van der Waals surface area contributed by atoms with Crippen LogP contribution in [0.5, 0.6) is 0 Å². The minimum atomic E-state index is 0. The molecule has 0 aliphatic heterocycles. The second-order valence-corrected chi connectivity index (χ2v) is 12.1. The van der Waals surface area contributed by atoms with Crippen molar-refractivity contribution in [2.45, 2.75) is 92.9 Å². The summed E-state index contributed by atoms with van der Waals surface area (Å²) >= 11 is 1.58. The van der Waals surface area contributed by atoms with Gasteiger partial charge in [-0.25, -0.2) is 12.2 Å². The number of allylic oxidation sites excluding steroid dienone is 4. The molecule has 0 spiro atoms. The molecule has 2 aliphatic rings. The number of hydrogen-bond donors (Lipinski definition) is 0. The molecule has 0 aromatic heterocycles. The van der Waals surface area contributed by atoms with Crippen molar-refractivity contribution in [3.05, 3.63) is 96.8 Å². The maximum absolute atomic E-state index is 3.64. The Morgan fingerprint density at radius 2 is 1.29 bits per heavy atom. The summed E-state index contributed by atoms with van der Waals surface area (Å²) in [7, 11) is 0. The van der Waals surface area contributed by atoms with Crippen molar-refractivity contribution in [1.82, 2.24) is 0 Å². The van der Waals surface area contributed by atoms with Gasteiger partial charge in [0, 0.05) is 0 Å². The van der Waals surface area contributed by atoms with Crippen molar-refractivity contribution in [2.75, 3.05) is 0 Å². The van der Waals surface area contributed by atoms with Crippen molar-refractivity contribution in [3.8, 4) is 11.1 Å². The Hall–Kier alpha value is -0.400. The molecule has 4 heteroatoms. The molecule has 2 aromatic rings. The Balaban J connectivity index is -0.000000598. The van der Waals surface area contributed by atoms with Gasteiger partial charge in [0.15, 0.2) is 0 Å². The first kappa shape index (κ1) is 42.1. The van der Waals surface area contributed by atoms with E-state index in [0.29, 0.717) is 11.8 Å². The summed E-state index contributed by atoms with van der Waals surface area (Å²) in [5, 5.41) is 0. The van der Waals surface area contributed by atoms with Crippen molar-refractivity contribution in [2.24, 2.45) is 11.8 Å². The van der Waals surface area contributed by atoms with Crippen molar-refractivity contribution in [1.29, 1.82) is 0 Å². The molecule has 38 heavy (non-hydrogen) atoms. The van der Waals surface area contributed by atoms with E-state index in [1.54, 1.807) is 23.3 Å². The summed E-state index contributed by atoms with van der Waals surface area (Å²) in [6.07, 6.45) is 11.0. The van der Waals surface area contributed by atoms with Crippen LogP contribution in [0.25, 0.3) is 11.1 Å². The molecule has 0 saturated heterocycles. The zero-order valence-corrected chi connectivity index (χ0v) is 31.1. The summed E-state index contributed by atoms with van der Waals surface area (Å²) in [6, 6.07) is 15.1. The van der Waals surface area contributed by atoms with Crippen molar-refractivity contribution >= 4 is 31.7 Å². The van der Waals surface area contributed by atoms with E-state index in [4.69, 9.17) is 0 Å². The molecule has 2 aliphatic carbocycles. The van der Waals surface area contributed by atoms with Crippen LogP contribution in [0.15, 0.2) is 48.6 Å². The molecule has 2 aromatic carbocycles. The van der Waals surface area contributed by atoms with Gasteiger partial charge in [-0.15, -0.1) is 36.8 Å².